The van der Waals surface area contributed by atoms with Crippen LogP contribution in [0.1, 0.15) is 5.56 Å². The van der Waals surface area contributed by atoms with Crippen molar-refractivity contribution in [2.24, 2.45) is 7.05 Å². The lowest BCUT2D eigenvalue weighted by Gasteiger charge is -2.08. The summed E-state index contributed by atoms with van der Waals surface area (Å²) in [6.07, 6.45) is 2.80. The quantitative estimate of drug-likeness (QED) is 0.776. The zero-order valence-electron chi connectivity index (χ0n) is 12.4. The van der Waals surface area contributed by atoms with Gasteiger partial charge < -0.3 is 5.32 Å². The van der Waals surface area contributed by atoms with Crippen LogP contribution in [-0.4, -0.2) is 25.2 Å². The Morgan fingerprint density at radius 2 is 2.13 bits per heavy atom. The number of hydrogen-bond acceptors (Lipinski definition) is 4. The molecule has 0 aliphatic rings. The molecule has 1 N–H and O–H groups in total. The van der Waals surface area contributed by atoms with E-state index in [1.807, 2.05) is 18.2 Å². The van der Waals surface area contributed by atoms with E-state index in [0.29, 0.717) is 22.6 Å². The number of nitrogens with zero attached hydrogens (tertiary/aromatic N) is 4. The fourth-order valence-electron chi connectivity index (χ4n) is 2.23. The molecule has 0 fully saturated rings. The number of amides is 1. The predicted octanol–water partition coefficient (Wildman–Crippen LogP) is 1.10. The van der Waals surface area contributed by atoms with Gasteiger partial charge in [0, 0.05) is 18.6 Å². The van der Waals surface area contributed by atoms with Crippen LogP contribution in [0, 0.1) is 0 Å². The predicted molar refractivity (Wildman–Crippen MR) is 86.1 cm³/mol. The molecule has 0 bridgehead atoms. The molecule has 7 nitrogen and oxygen atoms in total. The fraction of sp³-hybridized carbons (Fsp3) is 0.200. The Morgan fingerprint density at radius 1 is 1.35 bits per heavy atom. The van der Waals surface area contributed by atoms with E-state index in [2.05, 4.69) is 15.4 Å². The van der Waals surface area contributed by atoms with E-state index in [1.54, 1.807) is 13.1 Å². The molecule has 0 radical (unpaired) electrons. The maximum atomic E-state index is 12.3. The summed E-state index contributed by atoms with van der Waals surface area (Å²) in [5.74, 6) is -0.294. The summed E-state index contributed by atoms with van der Waals surface area (Å²) in [5.41, 5.74) is 1.01. The van der Waals surface area contributed by atoms with E-state index in [1.165, 1.54) is 21.8 Å². The number of halogens is 1. The average Bonchev–Trinajstić information content (AvgIpc) is 2.91. The van der Waals surface area contributed by atoms with E-state index >= 15 is 0 Å². The molecule has 0 atom stereocenters. The highest BCUT2D eigenvalue weighted by Gasteiger charge is 2.11. The molecule has 1 amide bonds. The van der Waals surface area contributed by atoms with Crippen molar-refractivity contribution in [3.05, 3.63) is 57.7 Å². The number of hydrogen-bond donors (Lipinski definition) is 1. The smallest absolute Gasteiger partial charge is 0.264 e. The second-order valence-electron chi connectivity index (χ2n) is 5.05. The zero-order valence-corrected chi connectivity index (χ0v) is 13.1. The van der Waals surface area contributed by atoms with Crippen LogP contribution in [0.2, 0.25) is 5.02 Å². The summed E-state index contributed by atoms with van der Waals surface area (Å²) < 4.78 is 2.77. The normalized spacial score (nSPS) is 10.9. The molecule has 3 aromatic rings. The lowest BCUT2D eigenvalue weighted by atomic mass is 10.2. The van der Waals surface area contributed by atoms with Crippen molar-refractivity contribution in [1.29, 1.82) is 0 Å². The van der Waals surface area contributed by atoms with Crippen LogP contribution >= 0.6 is 11.6 Å². The lowest BCUT2D eigenvalue weighted by molar-refractivity contribution is -0.121. The molecule has 23 heavy (non-hydrogen) atoms. The molecule has 0 saturated carbocycles. The highest BCUT2D eigenvalue weighted by atomic mass is 35.5. The van der Waals surface area contributed by atoms with Gasteiger partial charge >= 0.3 is 0 Å². The van der Waals surface area contributed by atoms with Gasteiger partial charge in [-0.05, 0) is 11.6 Å². The molecule has 2 aromatic heterocycles. The maximum Gasteiger partial charge on any atom is 0.264 e. The van der Waals surface area contributed by atoms with E-state index in [9.17, 15) is 9.59 Å². The summed E-state index contributed by atoms with van der Waals surface area (Å²) in [4.78, 5) is 28.5. The molecule has 1 aromatic carbocycles. The Morgan fingerprint density at radius 3 is 2.91 bits per heavy atom. The van der Waals surface area contributed by atoms with Crippen LogP contribution in [0.5, 0.6) is 0 Å². The SMILES string of the molecule is Cn1ncc2c(=O)n(CC(=O)NCc3ccccc3Cl)cnc21. The number of carbonyl (C=O) groups is 1. The van der Waals surface area contributed by atoms with Gasteiger partial charge in [0.1, 0.15) is 18.3 Å². The fourth-order valence-corrected chi connectivity index (χ4v) is 2.43. The minimum Gasteiger partial charge on any atom is -0.350 e. The third-order valence-corrected chi connectivity index (χ3v) is 3.83. The molecule has 2 heterocycles. The number of benzene rings is 1. The second-order valence-corrected chi connectivity index (χ2v) is 5.46. The molecule has 0 saturated heterocycles. The van der Waals surface area contributed by atoms with Gasteiger partial charge in [-0.3, -0.25) is 18.8 Å². The number of carbonyl (C=O) groups excluding carboxylic acids is 1. The van der Waals surface area contributed by atoms with Gasteiger partial charge in [0.25, 0.3) is 5.56 Å². The van der Waals surface area contributed by atoms with Gasteiger partial charge in [-0.15, -0.1) is 0 Å². The van der Waals surface area contributed by atoms with Crippen molar-refractivity contribution in [1.82, 2.24) is 24.6 Å². The van der Waals surface area contributed by atoms with E-state index in [4.69, 9.17) is 11.6 Å². The Kier molecular flexibility index (Phi) is 4.12. The molecule has 118 valence electrons. The van der Waals surface area contributed by atoms with Crippen LogP contribution in [0.15, 0.2) is 41.6 Å². The number of nitrogens with one attached hydrogen (secondary N) is 1. The highest BCUT2D eigenvalue weighted by Crippen LogP contribution is 2.14. The number of aryl methyl sites for hydroxylation is 1. The van der Waals surface area contributed by atoms with Gasteiger partial charge in [0.05, 0.1) is 6.20 Å². The van der Waals surface area contributed by atoms with Crippen molar-refractivity contribution in [2.45, 2.75) is 13.1 Å². The molecule has 0 aliphatic carbocycles. The van der Waals surface area contributed by atoms with Crippen LogP contribution in [0.3, 0.4) is 0 Å². The third kappa shape index (κ3) is 3.09. The minimum absolute atomic E-state index is 0.110. The van der Waals surface area contributed by atoms with Crippen LogP contribution < -0.4 is 10.9 Å². The molecular formula is C15H14ClN5O2. The highest BCUT2D eigenvalue weighted by molar-refractivity contribution is 6.31. The molecule has 0 spiro atoms. The standard InChI is InChI=1S/C15H14ClN5O2/c1-20-14-11(7-19-20)15(23)21(9-18-14)8-13(22)17-6-10-4-2-3-5-12(10)16/h2-5,7,9H,6,8H2,1H3,(H,17,22). The van der Waals surface area contributed by atoms with Crippen molar-refractivity contribution in [3.8, 4) is 0 Å². The molecule has 0 aliphatic heterocycles. The summed E-state index contributed by atoms with van der Waals surface area (Å²) in [6.45, 7) is 0.191. The van der Waals surface area contributed by atoms with Gasteiger partial charge in [0.2, 0.25) is 5.91 Å². The maximum absolute atomic E-state index is 12.3. The minimum atomic E-state index is -0.295. The molecule has 0 unspecified atom stereocenters. The molecule has 8 heteroatoms. The largest absolute Gasteiger partial charge is 0.350 e. The van der Waals surface area contributed by atoms with Crippen molar-refractivity contribution in [2.75, 3.05) is 0 Å². The summed E-state index contributed by atoms with van der Waals surface area (Å²) in [5, 5.41) is 7.69. The van der Waals surface area contributed by atoms with Crippen LogP contribution in [0.25, 0.3) is 11.0 Å². The van der Waals surface area contributed by atoms with E-state index in [-0.39, 0.29) is 18.0 Å². The zero-order chi connectivity index (χ0) is 16.4. The summed E-state index contributed by atoms with van der Waals surface area (Å²) in [7, 11) is 1.70. The van der Waals surface area contributed by atoms with Crippen LogP contribution in [-0.2, 0) is 24.9 Å². The lowest BCUT2D eigenvalue weighted by Crippen LogP contribution is -2.32. The Labute approximate surface area is 136 Å². The Bertz CT molecular complexity index is 931. The first-order chi connectivity index (χ1) is 11.1. The van der Waals surface area contributed by atoms with Gasteiger partial charge in [-0.1, -0.05) is 29.8 Å². The topological polar surface area (TPSA) is 81.8 Å². The Balaban J connectivity index is 1.72. The van der Waals surface area contributed by atoms with Gasteiger partial charge in [0.15, 0.2) is 5.65 Å². The first-order valence-corrected chi connectivity index (χ1v) is 7.31. The number of aromatic nitrogens is 4. The van der Waals surface area contributed by atoms with Gasteiger partial charge in [-0.25, -0.2) is 4.98 Å². The van der Waals surface area contributed by atoms with E-state index < -0.39 is 0 Å². The first kappa shape index (κ1) is 15.2. The Hall–Kier alpha value is -2.67. The molecule has 3 rings (SSSR count). The van der Waals surface area contributed by atoms with Crippen molar-refractivity contribution in [3.63, 3.8) is 0 Å². The third-order valence-electron chi connectivity index (χ3n) is 3.47. The van der Waals surface area contributed by atoms with Crippen molar-refractivity contribution >= 4 is 28.5 Å². The van der Waals surface area contributed by atoms with Crippen LogP contribution in [0.4, 0.5) is 0 Å². The number of rotatable bonds is 4. The summed E-state index contributed by atoms with van der Waals surface area (Å²) >= 11 is 6.04. The van der Waals surface area contributed by atoms with Gasteiger partial charge in [-0.2, -0.15) is 5.10 Å². The number of fused-ring (bicyclic) bond motifs is 1. The van der Waals surface area contributed by atoms with E-state index in [0.717, 1.165) is 5.56 Å². The monoisotopic (exact) mass is 331 g/mol. The second kappa shape index (κ2) is 6.21. The molecular weight excluding hydrogens is 318 g/mol. The summed E-state index contributed by atoms with van der Waals surface area (Å²) in [6, 6.07) is 7.26. The first-order valence-electron chi connectivity index (χ1n) is 6.93. The van der Waals surface area contributed by atoms with Crippen molar-refractivity contribution < 1.29 is 4.79 Å². The average molecular weight is 332 g/mol.